The lowest BCUT2D eigenvalue weighted by Crippen LogP contribution is -2.65. The second kappa shape index (κ2) is 13.6. The Balaban J connectivity index is 0.983. The van der Waals surface area contributed by atoms with E-state index in [-0.39, 0.29) is 40.8 Å². The van der Waals surface area contributed by atoms with Gasteiger partial charge in [0.2, 0.25) is 0 Å². The molecule has 0 N–H and O–H groups in total. The zero-order valence-corrected chi connectivity index (χ0v) is 28.4. The first-order chi connectivity index (χ1) is 23.2. The standard InChI is InChI=1S/C36H46FN7O4/c1-24-19-46-20-25(2)44(24)35(45)28-14-26(37)6-7-31(28)48-33-17-38-23-40-34(33)43-21-36(22-43)15-27(16-36)47-32-8-10-39-30-9-13-42(18-29(30)32)12-5-11-41(3)4/h6-8,10,14,17,23-25,27H,5,9,11-13,15-16,18-22H2,1-4H3/t24-,25+. The van der Waals surface area contributed by atoms with Gasteiger partial charge in [-0.2, -0.15) is 0 Å². The number of carbonyl (C=O) groups is 1. The molecule has 1 amide bonds. The molecule has 2 saturated heterocycles. The van der Waals surface area contributed by atoms with E-state index < -0.39 is 5.82 Å². The fourth-order valence-electron chi connectivity index (χ4n) is 7.76. The van der Waals surface area contributed by atoms with E-state index in [1.165, 1.54) is 30.1 Å². The molecular formula is C36H46FN7O4. The van der Waals surface area contributed by atoms with Gasteiger partial charge in [-0.15, -0.1) is 0 Å². The first-order valence-electron chi connectivity index (χ1n) is 17.1. The lowest BCUT2D eigenvalue weighted by Gasteiger charge is -2.59. The number of pyridine rings is 1. The van der Waals surface area contributed by atoms with E-state index in [0.717, 1.165) is 76.4 Å². The first kappa shape index (κ1) is 32.7. The van der Waals surface area contributed by atoms with Crippen molar-refractivity contribution in [1.29, 1.82) is 0 Å². The number of ether oxygens (including phenoxy) is 3. The maximum Gasteiger partial charge on any atom is 0.258 e. The van der Waals surface area contributed by atoms with Crippen LogP contribution in [0.15, 0.2) is 43.0 Å². The summed E-state index contributed by atoms with van der Waals surface area (Å²) in [6.07, 6.45) is 9.21. The van der Waals surface area contributed by atoms with Gasteiger partial charge in [0.15, 0.2) is 11.6 Å². The van der Waals surface area contributed by atoms with Crippen LogP contribution in [0.25, 0.3) is 0 Å². The highest BCUT2D eigenvalue weighted by Crippen LogP contribution is 2.52. The minimum Gasteiger partial charge on any atom is -0.490 e. The van der Waals surface area contributed by atoms with Crippen LogP contribution in [0.4, 0.5) is 10.2 Å². The lowest BCUT2D eigenvalue weighted by atomic mass is 9.61. The largest absolute Gasteiger partial charge is 0.490 e. The first-order valence-corrected chi connectivity index (χ1v) is 17.1. The van der Waals surface area contributed by atoms with Crippen LogP contribution >= 0.6 is 0 Å². The van der Waals surface area contributed by atoms with Crippen molar-refractivity contribution in [3.05, 3.63) is 65.6 Å². The van der Waals surface area contributed by atoms with Crippen molar-refractivity contribution in [2.45, 2.75) is 64.3 Å². The van der Waals surface area contributed by atoms with Crippen LogP contribution in [-0.2, 0) is 17.7 Å². The van der Waals surface area contributed by atoms with Crippen molar-refractivity contribution < 1.29 is 23.4 Å². The number of carbonyl (C=O) groups excluding carboxylic acids is 1. The number of morpholine rings is 1. The van der Waals surface area contributed by atoms with Crippen LogP contribution in [-0.4, -0.2) is 114 Å². The number of rotatable bonds is 10. The number of aromatic nitrogens is 3. The van der Waals surface area contributed by atoms with Crippen LogP contribution in [0.5, 0.6) is 17.2 Å². The quantitative estimate of drug-likeness (QED) is 0.312. The minimum atomic E-state index is -0.500. The third kappa shape index (κ3) is 6.70. The van der Waals surface area contributed by atoms with Crippen LogP contribution in [0.2, 0.25) is 0 Å². The summed E-state index contributed by atoms with van der Waals surface area (Å²) in [6, 6.07) is 5.79. The predicted octanol–water partition coefficient (Wildman–Crippen LogP) is 4.41. The van der Waals surface area contributed by atoms with Crippen LogP contribution in [0.3, 0.4) is 0 Å². The normalized spacial score (nSPS) is 22.3. The fourth-order valence-corrected chi connectivity index (χ4v) is 7.76. The molecule has 48 heavy (non-hydrogen) atoms. The van der Waals surface area contributed by atoms with Gasteiger partial charge in [-0.3, -0.25) is 14.7 Å². The van der Waals surface area contributed by atoms with Gasteiger partial charge in [0.25, 0.3) is 5.91 Å². The van der Waals surface area contributed by atoms with E-state index in [1.54, 1.807) is 11.1 Å². The van der Waals surface area contributed by atoms with Crippen molar-refractivity contribution in [1.82, 2.24) is 29.7 Å². The maximum atomic E-state index is 14.4. The molecule has 12 heteroatoms. The summed E-state index contributed by atoms with van der Waals surface area (Å²) in [5.41, 5.74) is 2.73. The molecule has 3 aromatic rings. The van der Waals surface area contributed by atoms with Crippen molar-refractivity contribution in [3.8, 4) is 17.2 Å². The van der Waals surface area contributed by atoms with E-state index in [2.05, 4.69) is 43.7 Å². The molecule has 3 fully saturated rings. The van der Waals surface area contributed by atoms with Gasteiger partial charge in [0.1, 0.15) is 29.7 Å². The number of hydrogen-bond acceptors (Lipinski definition) is 10. The molecule has 4 aliphatic rings. The summed E-state index contributed by atoms with van der Waals surface area (Å²) in [5.74, 6) is 1.55. The molecular weight excluding hydrogens is 613 g/mol. The number of anilines is 1. The third-order valence-corrected chi connectivity index (χ3v) is 10.1. The Morgan fingerprint density at radius 2 is 1.88 bits per heavy atom. The molecule has 7 rings (SSSR count). The Labute approximate surface area is 282 Å². The molecule has 1 spiro atoms. The van der Waals surface area contributed by atoms with Crippen molar-refractivity contribution in [2.24, 2.45) is 5.41 Å². The number of fused-ring (bicyclic) bond motifs is 1. The average molecular weight is 660 g/mol. The molecule has 256 valence electrons. The van der Waals surface area contributed by atoms with Gasteiger partial charge in [-0.25, -0.2) is 14.4 Å². The molecule has 2 aromatic heterocycles. The van der Waals surface area contributed by atoms with Crippen molar-refractivity contribution >= 4 is 11.7 Å². The summed E-state index contributed by atoms with van der Waals surface area (Å²) < 4.78 is 33.0. The van der Waals surface area contributed by atoms with E-state index in [1.807, 2.05) is 26.1 Å². The molecule has 3 aliphatic heterocycles. The molecule has 5 heterocycles. The monoisotopic (exact) mass is 659 g/mol. The molecule has 2 atom stereocenters. The minimum absolute atomic E-state index is 0.141. The second-order valence-corrected chi connectivity index (χ2v) is 14.3. The van der Waals surface area contributed by atoms with Gasteiger partial charge >= 0.3 is 0 Å². The number of nitrogens with zero attached hydrogens (tertiary/aromatic N) is 7. The molecule has 1 saturated carbocycles. The predicted molar refractivity (Wildman–Crippen MR) is 179 cm³/mol. The lowest BCUT2D eigenvalue weighted by molar-refractivity contribution is -0.0352. The van der Waals surface area contributed by atoms with Crippen LogP contribution in [0, 0.1) is 11.2 Å². The van der Waals surface area contributed by atoms with Crippen LogP contribution in [0.1, 0.15) is 54.7 Å². The molecule has 0 unspecified atom stereocenters. The van der Waals surface area contributed by atoms with Crippen molar-refractivity contribution in [3.63, 3.8) is 0 Å². The molecule has 1 aromatic carbocycles. The molecule has 0 bridgehead atoms. The maximum absolute atomic E-state index is 14.4. The summed E-state index contributed by atoms with van der Waals surface area (Å²) in [7, 11) is 4.24. The fraction of sp³-hybridized carbons (Fsp3) is 0.556. The van der Waals surface area contributed by atoms with Gasteiger partial charge in [-0.05, 0) is 84.6 Å². The molecule has 0 radical (unpaired) electrons. The summed E-state index contributed by atoms with van der Waals surface area (Å²) in [4.78, 5) is 35.8. The van der Waals surface area contributed by atoms with Crippen LogP contribution < -0.4 is 14.4 Å². The number of hydrogen-bond donors (Lipinski definition) is 0. The highest BCUT2D eigenvalue weighted by Gasteiger charge is 2.54. The third-order valence-electron chi connectivity index (χ3n) is 10.1. The Morgan fingerprint density at radius 3 is 2.65 bits per heavy atom. The molecule has 1 aliphatic carbocycles. The van der Waals surface area contributed by atoms with Gasteiger partial charge in [-0.1, -0.05) is 0 Å². The van der Waals surface area contributed by atoms with E-state index in [4.69, 9.17) is 14.2 Å². The summed E-state index contributed by atoms with van der Waals surface area (Å²) >= 11 is 0. The Kier molecular flexibility index (Phi) is 9.23. The SMILES string of the molecule is C[C@@H]1COC[C@H](C)N1C(=O)c1cc(F)ccc1Oc1cncnc1N1CC2(CC(Oc3ccnc4c3CN(CCCN(C)C)CC4)C2)C1. The number of benzene rings is 1. The summed E-state index contributed by atoms with van der Waals surface area (Å²) in [6.45, 7) is 10.5. The Hall–Kier alpha value is -3.87. The smallest absolute Gasteiger partial charge is 0.258 e. The van der Waals surface area contributed by atoms with E-state index in [0.29, 0.717) is 24.8 Å². The van der Waals surface area contributed by atoms with Crippen molar-refractivity contribution in [2.75, 3.05) is 64.9 Å². The molecule has 11 nitrogen and oxygen atoms in total. The van der Waals surface area contributed by atoms with Gasteiger partial charge < -0.3 is 28.9 Å². The topological polar surface area (TPSA) is 96.4 Å². The van der Waals surface area contributed by atoms with E-state index >= 15 is 0 Å². The zero-order valence-electron chi connectivity index (χ0n) is 28.4. The highest BCUT2D eigenvalue weighted by molar-refractivity contribution is 5.97. The van der Waals surface area contributed by atoms with Gasteiger partial charge in [0.05, 0.1) is 37.1 Å². The Bertz CT molecular complexity index is 1620. The second-order valence-electron chi connectivity index (χ2n) is 14.3. The average Bonchev–Trinajstić information content (AvgIpc) is 3.02. The number of amides is 1. The highest BCUT2D eigenvalue weighted by atomic mass is 19.1. The summed E-state index contributed by atoms with van der Waals surface area (Å²) in [5, 5.41) is 0. The zero-order chi connectivity index (χ0) is 33.4. The number of halogens is 1. The Morgan fingerprint density at radius 1 is 1.08 bits per heavy atom. The van der Waals surface area contributed by atoms with Gasteiger partial charge in [0, 0.05) is 55.5 Å². The van der Waals surface area contributed by atoms with E-state index in [9.17, 15) is 9.18 Å².